The van der Waals surface area contributed by atoms with Gasteiger partial charge in [-0.1, -0.05) is 0 Å². The van der Waals surface area contributed by atoms with Crippen LogP contribution in [0.3, 0.4) is 0 Å². The Morgan fingerprint density at radius 1 is 1.50 bits per heavy atom. The Kier molecular flexibility index (Phi) is 4.63. The van der Waals surface area contributed by atoms with E-state index in [2.05, 4.69) is 12.6 Å². The summed E-state index contributed by atoms with van der Waals surface area (Å²) < 4.78 is 0. The molecule has 3 N–H and O–H groups in total. The maximum absolute atomic E-state index is 9.88. The van der Waals surface area contributed by atoms with Crippen LogP contribution in [0.1, 0.15) is 0 Å². The molecule has 0 aliphatic rings. The lowest BCUT2D eigenvalue weighted by molar-refractivity contribution is -0.116. The molecular formula is C5H10O4S. The smallest absolute Gasteiger partial charge is 0.149 e. The molecule has 0 aromatic rings. The number of hydrogen-bond acceptors (Lipinski definition) is 5. The van der Waals surface area contributed by atoms with E-state index in [1.165, 1.54) is 0 Å². The minimum atomic E-state index is -1.33. The number of rotatable bonds is 4. The minimum Gasteiger partial charge on any atom is -0.394 e. The first-order valence-corrected chi connectivity index (χ1v) is 3.25. The summed E-state index contributed by atoms with van der Waals surface area (Å²) >= 11 is 3.69. The van der Waals surface area contributed by atoms with E-state index in [0.29, 0.717) is 0 Å². The predicted octanol–water partition coefficient (Wildman–Crippen LogP) is -1.80. The zero-order valence-electron chi connectivity index (χ0n) is 5.21. The van der Waals surface area contributed by atoms with Crippen LogP contribution in [0, 0.1) is 0 Å². The van der Waals surface area contributed by atoms with Crippen molar-refractivity contribution in [3.05, 3.63) is 0 Å². The Hall–Kier alpha value is -0.100. The van der Waals surface area contributed by atoms with Gasteiger partial charge in [-0.05, 0) is 0 Å². The van der Waals surface area contributed by atoms with Crippen molar-refractivity contribution in [3.8, 4) is 0 Å². The Balaban J connectivity index is 3.80. The van der Waals surface area contributed by atoms with Gasteiger partial charge in [-0.25, -0.2) is 0 Å². The number of hydrogen-bond donors (Lipinski definition) is 4. The van der Waals surface area contributed by atoms with E-state index in [1.807, 2.05) is 0 Å². The molecule has 0 aromatic heterocycles. The largest absolute Gasteiger partial charge is 0.394 e. The average molecular weight is 166 g/mol. The molecule has 0 spiro atoms. The van der Waals surface area contributed by atoms with E-state index in [4.69, 9.17) is 15.3 Å². The van der Waals surface area contributed by atoms with Crippen molar-refractivity contribution in [1.29, 1.82) is 0 Å². The second-order valence-corrected chi connectivity index (χ2v) is 2.46. The molecule has 0 saturated heterocycles. The molecule has 0 aliphatic heterocycles. The number of thiol groups is 1. The van der Waals surface area contributed by atoms with Crippen molar-refractivity contribution in [3.63, 3.8) is 0 Å². The number of aliphatic hydroxyl groups is 3. The fourth-order valence-electron chi connectivity index (χ4n) is 0.416. The van der Waals surface area contributed by atoms with Crippen LogP contribution < -0.4 is 0 Å². The zero-order valence-corrected chi connectivity index (χ0v) is 6.11. The SMILES string of the molecule is O=C[C@H](O)[C@@H](S)[C@H](O)CO. The molecule has 0 fully saturated rings. The third-order valence-corrected chi connectivity index (χ3v) is 1.72. The lowest BCUT2D eigenvalue weighted by atomic mass is 10.2. The monoisotopic (exact) mass is 166 g/mol. The third-order valence-electron chi connectivity index (χ3n) is 1.07. The van der Waals surface area contributed by atoms with Crippen molar-refractivity contribution < 1.29 is 20.1 Å². The second-order valence-electron chi connectivity index (χ2n) is 1.87. The predicted molar refractivity (Wildman–Crippen MR) is 37.9 cm³/mol. The van der Waals surface area contributed by atoms with Gasteiger partial charge < -0.3 is 20.1 Å². The van der Waals surface area contributed by atoms with Gasteiger partial charge >= 0.3 is 0 Å². The third kappa shape index (κ3) is 2.66. The van der Waals surface area contributed by atoms with E-state index in [-0.39, 0.29) is 6.29 Å². The molecule has 5 heteroatoms. The molecule has 0 heterocycles. The quantitative estimate of drug-likeness (QED) is 0.293. The molecule has 0 unspecified atom stereocenters. The van der Waals surface area contributed by atoms with E-state index < -0.39 is 24.1 Å². The molecule has 0 rings (SSSR count). The highest BCUT2D eigenvalue weighted by Crippen LogP contribution is 2.05. The van der Waals surface area contributed by atoms with Gasteiger partial charge in [-0.15, -0.1) is 0 Å². The molecule has 3 atom stereocenters. The molecule has 0 amide bonds. The fourth-order valence-corrected chi connectivity index (χ4v) is 0.581. The van der Waals surface area contributed by atoms with Crippen LogP contribution in [0.15, 0.2) is 0 Å². The number of aliphatic hydroxyl groups excluding tert-OH is 3. The van der Waals surface area contributed by atoms with Gasteiger partial charge in [0, 0.05) is 0 Å². The van der Waals surface area contributed by atoms with Crippen LogP contribution in [0.4, 0.5) is 0 Å². The highest BCUT2D eigenvalue weighted by molar-refractivity contribution is 7.81. The molecule has 0 bridgehead atoms. The summed E-state index contributed by atoms with van der Waals surface area (Å²) in [7, 11) is 0. The normalized spacial score (nSPS) is 19.6. The van der Waals surface area contributed by atoms with Crippen LogP contribution >= 0.6 is 12.6 Å². The highest BCUT2D eigenvalue weighted by Gasteiger charge is 2.21. The lowest BCUT2D eigenvalue weighted by Crippen LogP contribution is -2.36. The summed E-state index contributed by atoms with van der Waals surface area (Å²) in [5.41, 5.74) is 0. The van der Waals surface area contributed by atoms with Crippen molar-refractivity contribution in [1.82, 2.24) is 0 Å². The Morgan fingerprint density at radius 3 is 2.30 bits per heavy atom. The van der Waals surface area contributed by atoms with Gasteiger partial charge in [0.15, 0.2) is 0 Å². The van der Waals surface area contributed by atoms with Gasteiger partial charge in [-0.2, -0.15) is 12.6 Å². The maximum Gasteiger partial charge on any atom is 0.149 e. The van der Waals surface area contributed by atoms with Gasteiger partial charge in [0.2, 0.25) is 0 Å². The van der Waals surface area contributed by atoms with Gasteiger partial charge in [-0.3, -0.25) is 0 Å². The first kappa shape index (κ1) is 9.90. The van der Waals surface area contributed by atoms with E-state index in [1.54, 1.807) is 0 Å². The van der Waals surface area contributed by atoms with E-state index in [9.17, 15) is 4.79 Å². The van der Waals surface area contributed by atoms with E-state index >= 15 is 0 Å². The average Bonchev–Trinajstić information content (AvgIpc) is 2.00. The Labute approximate surface area is 63.9 Å². The molecule has 10 heavy (non-hydrogen) atoms. The summed E-state index contributed by atoms with van der Waals surface area (Å²) in [4.78, 5) is 9.88. The first-order valence-electron chi connectivity index (χ1n) is 2.73. The summed E-state index contributed by atoms with van der Waals surface area (Å²) in [6, 6.07) is 0. The summed E-state index contributed by atoms with van der Waals surface area (Å²) in [5.74, 6) is 0. The lowest BCUT2D eigenvalue weighted by Gasteiger charge is -2.16. The Morgan fingerprint density at radius 2 is 2.00 bits per heavy atom. The van der Waals surface area contributed by atoms with Crippen molar-refractivity contribution in [2.24, 2.45) is 0 Å². The maximum atomic E-state index is 9.88. The molecule has 0 aromatic carbocycles. The fraction of sp³-hybridized carbons (Fsp3) is 0.800. The Bertz CT molecular complexity index is 108. The van der Waals surface area contributed by atoms with Gasteiger partial charge in [0.05, 0.1) is 18.0 Å². The summed E-state index contributed by atoms with van der Waals surface area (Å²) in [5, 5.41) is 24.9. The number of carbonyl (C=O) groups is 1. The second kappa shape index (κ2) is 4.68. The van der Waals surface area contributed by atoms with Crippen molar-refractivity contribution in [2.45, 2.75) is 17.5 Å². The minimum absolute atomic E-state index is 0.260. The topological polar surface area (TPSA) is 77.8 Å². The van der Waals surface area contributed by atoms with Crippen LogP contribution in [-0.4, -0.2) is 45.7 Å². The van der Waals surface area contributed by atoms with Crippen molar-refractivity contribution in [2.75, 3.05) is 6.61 Å². The molecule has 0 saturated carbocycles. The van der Waals surface area contributed by atoms with Crippen LogP contribution in [0.2, 0.25) is 0 Å². The summed E-state index contributed by atoms with van der Waals surface area (Å²) in [6.07, 6.45) is -2.23. The first-order chi connectivity index (χ1) is 4.63. The number of aldehydes is 1. The van der Waals surface area contributed by atoms with Crippen LogP contribution in [0.5, 0.6) is 0 Å². The molecular weight excluding hydrogens is 156 g/mol. The van der Waals surface area contributed by atoms with Crippen LogP contribution in [-0.2, 0) is 4.79 Å². The molecule has 0 radical (unpaired) electrons. The van der Waals surface area contributed by atoms with Gasteiger partial charge in [0.1, 0.15) is 12.4 Å². The molecule has 60 valence electrons. The number of carbonyl (C=O) groups excluding carboxylic acids is 1. The highest BCUT2D eigenvalue weighted by atomic mass is 32.1. The standard InChI is InChI=1S/C5H10O4S/c6-1-3(8)5(10)4(9)2-7/h1,3-5,7-10H,2H2/t3-,4+,5+/m0/s1. The zero-order chi connectivity index (χ0) is 8.15. The summed E-state index contributed by atoms with van der Waals surface area (Å²) in [6.45, 7) is -0.515. The van der Waals surface area contributed by atoms with Crippen LogP contribution in [0.25, 0.3) is 0 Å². The van der Waals surface area contributed by atoms with Crippen molar-refractivity contribution >= 4 is 18.9 Å². The molecule has 0 aliphatic carbocycles. The molecule has 4 nitrogen and oxygen atoms in total. The van der Waals surface area contributed by atoms with Gasteiger partial charge in [0.25, 0.3) is 0 Å². The van der Waals surface area contributed by atoms with E-state index in [0.717, 1.165) is 0 Å².